The first-order chi connectivity index (χ1) is 27.1. The molecule has 1 heterocycles. The van der Waals surface area contributed by atoms with E-state index in [4.69, 9.17) is 4.74 Å². The highest BCUT2D eigenvalue weighted by molar-refractivity contribution is 5.76. The predicted octanol–water partition coefficient (Wildman–Crippen LogP) is 10.4. The lowest BCUT2D eigenvalue weighted by molar-refractivity contribution is -0.476. The molecule has 1 saturated heterocycles. The van der Waals surface area contributed by atoms with Crippen molar-refractivity contribution < 1.29 is 40.2 Å². The van der Waals surface area contributed by atoms with Crippen molar-refractivity contribution in [2.75, 3.05) is 13.2 Å². The molecule has 5 atom stereocenters. The van der Waals surface area contributed by atoms with Gasteiger partial charge in [-0.05, 0) is 19.3 Å². The minimum atomic E-state index is -3.29. The molecule has 334 valence electrons. The van der Waals surface area contributed by atoms with Gasteiger partial charge in [-0.2, -0.15) is 0 Å². The zero-order chi connectivity index (χ0) is 41.3. The number of hydrogen-bond donors (Lipinski definition) is 6. The van der Waals surface area contributed by atoms with E-state index in [-0.39, 0.29) is 18.7 Å². The van der Waals surface area contributed by atoms with Gasteiger partial charge in [0.1, 0.15) is 18.3 Å². The van der Waals surface area contributed by atoms with E-state index >= 15 is 0 Å². The molecule has 9 nitrogen and oxygen atoms in total. The van der Waals surface area contributed by atoms with Crippen molar-refractivity contribution in [3.8, 4) is 0 Å². The molecule has 56 heavy (non-hydrogen) atoms. The molecule has 1 amide bonds. The number of unbranched alkanes of at least 4 members (excludes halogenated alkanes) is 31. The first-order valence-corrected chi connectivity index (χ1v) is 24.2. The van der Waals surface area contributed by atoms with Gasteiger partial charge < -0.3 is 40.3 Å². The summed E-state index contributed by atoms with van der Waals surface area (Å²) in [6.07, 6.45) is 36.0. The second-order valence-corrected chi connectivity index (χ2v) is 17.4. The van der Waals surface area contributed by atoms with Gasteiger partial charge in [0.25, 0.3) is 0 Å². The standard InChI is InChI=1S/C47H93NO8/c1-4-7-9-11-13-15-17-19-21-22-23-24-25-26-28-30-32-34-36-38-43(50)48(39-37-35-33-31-29-27-20-18-16-14-12-10-8-5-2)42(6-3)46(53)45(52)44(51)41(40-49)56-47(46,54)55/h41-42,44-45,49,51-55H,4-40H2,1-3H3/t41-,42?,44-,45+,46-/m1/s1. The molecule has 1 aliphatic rings. The van der Waals surface area contributed by atoms with Crippen molar-refractivity contribution in [2.45, 2.75) is 281 Å². The minimum Gasteiger partial charge on any atom is -0.394 e. The lowest BCUT2D eigenvalue weighted by atomic mass is 9.77. The fourth-order valence-corrected chi connectivity index (χ4v) is 8.79. The summed E-state index contributed by atoms with van der Waals surface area (Å²) in [6.45, 7) is 5.74. The summed E-state index contributed by atoms with van der Waals surface area (Å²) in [4.78, 5) is 15.3. The van der Waals surface area contributed by atoms with Crippen molar-refractivity contribution in [2.24, 2.45) is 0 Å². The van der Waals surface area contributed by atoms with E-state index in [1.54, 1.807) is 6.92 Å². The molecule has 1 rings (SSSR count). The van der Waals surface area contributed by atoms with Crippen LogP contribution in [-0.2, 0) is 9.53 Å². The highest BCUT2D eigenvalue weighted by Crippen LogP contribution is 2.41. The summed E-state index contributed by atoms with van der Waals surface area (Å²) in [5.41, 5.74) is -2.79. The number of carbonyl (C=O) groups is 1. The summed E-state index contributed by atoms with van der Waals surface area (Å²) < 4.78 is 5.13. The highest BCUT2D eigenvalue weighted by atomic mass is 16.8. The Hall–Kier alpha value is -0.810. The van der Waals surface area contributed by atoms with Crippen LogP contribution in [0.5, 0.6) is 0 Å². The molecule has 0 saturated carbocycles. The van der Waals surface area contributed by atoms with Gasteiger partial charge in [-0.15, -0.1) is 0 Å². The number of ether oxygens (including phenoxy) is 1. The monoisotopic (exact) mass is 800 g/mol. The molecule has 0 aromatic rings. The Balaban J connectivity index is 2.49. The average molecular weight is 800 g/mol. The molecular formula is C47H93NO8. The molecule has 0 aromatic carbocycles. The SMILES string of the molecule is CCCCCCCCCCCCCCCCCCCCCC(=O)N(CCCCCCCCCCCCCCCC)C(CC)[C@@]1(O)[C@@H](O)[C@H](O)[C@@H](CO)OC1(O)O. The van der Waals surface area contributed by atoms with Crippen molar-refractivity contribution in [3.05, 3.63) is 0 Å². The molecule has 0 spiro atoms. The van der Waals surface area contributed by atoms with Gasteiger partial charge in [0.2, 0.25) is 5.91 Å². The molecular weight excluding hydrogens is 707 g/mol. The van der Waals surface area contributed by atoms with E-state index in [9.17, 15) is 35.4 Å². The molecule has 1 fully saturated rings. The topological polar surface area (TPSA) is 151 Å². The van der Waals surface area contributed by atoms with Crippen LogP contribution in [0.3, 0.4) is 0 Å². The Labute approximate surface area is 344 Å². The third-order valence-corrected chi connectivity index (χ3v) is 12.5. The van der Waals surface area contributed by atoms with Gasteiger partial charge in [-0.25, -0.2) is 0 Å². The van der Waals surface area contributed by atoms with E-state index in [1.807, 2.05) is 0 Å². The van der Waals surface area contributed by atoms with Crippen LogP contribution >= 0.6 is 0 Å². The summed E-state index contributed by atoms with van der Waals surface area (Å²) in [5.74, 6) is -3.50. The minimum absolute atomic E-state index is 0.0971. The summed E-state index contributed by atoms with van der Waals surface area (Å²) in [7, 11) is 0. The number of aliphatic hydroxyl groups is 6. The van der Waals surface area contributed by atoms with Crippen LogP contribution in [0.25, 0.3) is 0 Å². The Kier molecular flexibility index (Phi) is 32.3. The largest absolute Gasteiger partial charge is 0.394 e. The molecule has 6 N–H and O–H groups in total. The number of nitrogens with zero attached hydrogens (tertiary/aromatic N) is 1. The van der Waals surface area contributed by atoms with Gasteiger partial charge in [-0.1, -0.05) is 220 Å². The summed E-state index contributed by atoms with van der Waals surface area (Å²) in [5, 5.41) is 64.9. The first kappa shape index (κ1) is 53.2. The molecule has 1 aliphatic heterocycles. The highest BCUT2D eigenvalue weighted by Gasteiger charge is 2.67. The molecule has 1 unspecified atom stereocenters. The molecule has 9 heteroatoms. The third kappa shape index (κ3) is 21.4. The fraction of sp³-hybridized carbons (Fsp3) is 0.979. The number of rotatable bonds is 39. The number of amides is 1. The number of hydrogen-bond acceptors (Lipinski definition) is 8. The van der Waals surface area contributed by atoms with E-state index in [0.29, 0.717) is 19.4 Å². The fourth-order valence-electron chi connectivity index (χ4n) is 8.79. The maximum Gasteiger partial charge on any atom is 0.313 e. The van der Waals surface area contributed by atoms with Crippen LogP contribution in [0.1, 0.15) is 245 Å². The molecule has 0 bridgehead atoms. The average Bonchev–Trinajstić information content (AvgIpc) is 3.19. The van der Waals surface area contributed by atoms with Crippen molar-refractivity contribution in [1.29, 1.82) is 0 Å². The Morgan fingerprint density at radius 3 is 1.18 bits per heavy atom. The van der Waals surface area contributed by atoms with Gasteiger partial charge in [0.15, 0.2) is 5.60 Å². The van der Waals surface area contributed by atoms with Gasteiger partial charge >= 0.3 is 5.97 Å². The lowest BCUT2D eigenvalue weighted by Gasteiger charge is -2.55. The van der Waals surface area contributed by atoms with Crippen molar-refractivity contribution >= 4 is 5.91 Å². The second kappa shape index (κ2) is 34.0. The van der Waals surface area contributed by atoms with Crippen molar-refractivity contribution in [1.82, 2.24) is 4.90 Å². The molecule has 0 aromatic heterocycles. The maximum absolute atomic E-state index is 13.8. The normalized spacial score (nSPS) is 21.4. The lowest BCUT2D eigenvalue weighted by Crippen LogP contribution is -2.79. The second-order valence-electron chi connectivity index (χ2n) is 17.4. The van der Waals surface area contributed by atoms with E-state index in [0.717, 1.165) is 38.5 Å². The van der Waals surface area contributed by atoms with E-state index < -0.39 is 42.5 Å². The summed E-state index contributed by atoms with van der Waals surface area (Å²) >= 11 is 0. The summed E-state index contributed by atoms with van der Waals surface area (Å²) in [6, 6.07) is -1.23. The van der Waals surface area contributed by atoms with Crippen LogP contribution in [0.4, 0.5) is 0 Å². The van der Waals surface area contributed by atoms with Gasteiger partial charge in [-0.3, -0.25) is 4.79 Å². The predicted molar refractivity (Wildman–Crippen MR) is 230 cm³/mol. The Morgan fingerprint density at radius 2 is 0.857 bits per heavy atom. The van der Waals surface area contributed by atoms with Crippen LogP contribution in [0, 0.1) is 0 Å². The maximum atomic E-state index is 13.8. The van der Waals surface area contributed by atoms with Gasteiger partial charge in [0, 0.05) is 13.0 Å². The Bertz CT molecular complexity index is 905. The number of aliphatic hydroxyl groups excluding tert-OH is 3. The van der Waals surface area contributed by atoms with Crippen LogP contribution in [-0.4, -0.2) is 90.5 Å². The van der Waals surface area contributed by atoms with Gasteiger partial charge in [0.05, 0.1) is 12.6 Å². The van der Waals surface area contributed by atoms with Crippen LogP contribution < -0.4 is 0 Å². The number of carbonyl (C=O) groups excluding carboxylic acids is 1. The van der Waals surface area contributed by atoms with Crippen LogP contribution in [0.2, 0.25) is 0 Å². The van der Waals surface area contributed by atoms with E-state index in [2.05, 4.69) is 13.8 Å². The smallest absolute Gasteiger partial charge is 0.313 e. The van der Waals surface area contributed by atoms with Crippen molar-refractivity contribution in [3.63, 3.8) is 0 Å². The van der Waals surface area contributed by atoms with Crippen LogP contribution in [0.15, 0.2) is 0 Å². The molecule has 0 radical (unpaired) electrons. The Morgan fingerprint density at radius 1 is 0.536 bits per heavy atom. The van der Waals surface area contributed by atoms with E-state index in [1.165, 1.54) is 165 Å². The molecule has 0 aliphatic carbocycles. The zero-order valence-corrected chi connectivity index (χ0v) is 36.9. The first-order valence-electron chi connectivity index (χ1n) is 24.2. The third-order valence-electron chi connectivity index (χ3n) is 12.5. The zero-order valence-electron chi connectivity index (χ0n) is 36.9. The quantitative estimate of drug-likeness (QED) is 0.0266.